The summed E-state index contributed by atoms with van der Waals surface area (Å²) in [4.78, 5) is 0. The second kappa shape index (κ2) is 3.97. The number of fused-ring (bicyclic) bond motifs is 1. The maximum atomic E-state index is 12.8. The van der Waals surface area contributed by atoms with Crippen molar-refractivity contribution in [2.45, 2.75) is 18.6 Å². The maximum absolute atomic E-state index is 12.8. The van der Waals surface area contributed by atoms with Crippen molar-refractivity contribution >= 4 is 0 Å². The molecule has 1 heterocycles. The van der Waals surface area contributed by atoms with Gasteiger partial charge in [0.2, 0.25) is 0 Å². The van der Waals surface area contributed by atoms with Crippen LogP contribution in [0.2, 0.25) is 0 Å². The lowest BCUT2D eigenvalue weighted by molar-refractivity contribution is -0.150. The molecule has 5 heteroatoms. The van der Waals surface area contributed by atoms with Gasteiger partial charge in [-0.1, -0.05) is 12.1 Å². The van der Waals surface area contributed by atoms with Crippen molar-refractivity contribution in [3.8, 4) is 5.75 Å². The van der Waals surface area contributed by atoms with E-state index in [-0.39, 0.29) is 6.54 Å². The van der Waals surface area contributed by atoms with Crippen molar-refractivity contribution in [2.75, 3.05) is 13.7 Å². The van der Waals surface area contributed by atoms with Crippen LogP contribution < -0.4 is 10.1 Å². The second-order valence-electron chi connectivity index (χ2n) is 3.75. The zero-order chi connectivity index (χ0) is 11.8. The average molecular weight is 231 g/mol. The normalized spacial score (nSPS) is 20.4. The van der Waals surface area contributed by atoms with E-state index in [2.05, 4.69) is 5.32 Å². The maximum Gasteiger partial charge on any atom is 0.396 e. The molecule has 0 bridgehead atoms. The molecular weight excluding hydrogens is 219 g/mol. The van der Waals surface area contributed by atoms with E-state index >= 15 is 0 Å². The molecule has 0 radical (unpaired) electrons. The summed E-state index contributed by atoms with van der Waals surface area (Å²) in [5.74, 6) is -0.926. The average Bonchev–Trinajstić information content (AvgIpc) is 2.26. The molecule has 88 valence electrons. The third-order valence-corrected chi connectivity index (χ3v) is 2.81. The van der Waals surface area contributed by atoms with Crippen molar-refractivity contribution in [1.29, 1.82) is 0 Å². The summed E-state index contributed by atoms with van der Waals surface area (Å²) in [6.45, 7) is 0.357. The molecular formula is C11H12F3NO. The number of benzene rings is 1. The van der Waals surface area contributed by atoms with E-state index in [9.17, 15) is 13.2 Å². The summed E-state index contributed by atoms with van der Waals surface area (Å²) in [6, 6.07) is 4.80. The van der Waals surface area contributed by atoms with Gasteiger partial charge in [-0.3, -0.25) is 0 Å². The Morgan fingerprint density at radius 1 is 1.38 bits per heavy atom. The lowest BCUT2D eigenvalue weighted by Gasteiger charge is -2.29. The van der Waals surface area contributed by atoms with Gasteiger partial charge in [0.1, 0.15) is 5.75 Å². The first-order chi connectivity index (χ1) is 7.54. The van der Waals surface area contributed by atoms with Crippen molar-refractivity contribution in [3.63, 3.8) is 0 Å². The standard InChI is InChI=1S/C11H12F3NO/c1-16-10-4-2-3-7-8(10)5-15-6-9(7)11(12,13)14/h2-4,9,15H,5-6H2,1H3. The van der Waals surface area contributed by atoms with E-state index in [0.29, 0.717) is 23.4 Å². The Hall–Kier alpha value is -1.23. The fourth-order valence-corrected chi connectivity index (χ4v) is 2.03. The van der Waals surface area contributed by atoms with Gasteiger partial charge in [-0.05, 0) is 11.6 Å². The summed E-state index contributed by atoms with van der Waals surface area (Å²) in [5.41, 5.74) is 0.934. The highest BCUT2D eigenvalue weighted by Crippen LogP contribution is 2.40. The van der Waals surface area contributed by atoms with Gasteiger partial charge in [-0.15, -0.1) is 0 Å². The van der Waals surface area contributed by atoms with E-state index < -0.39 is 12.1 Å². The highest BCUT2D eigenvalue weighted by atomic mass is 19.4. The Labute approximate surface area is 91.4 Å². The predicted octanol–water partition coefficient (Wildman–Crippen LogP) is 2.44. The molecule has 0 amide bonds. The minimum atomic E-state index is -4.21. The third-order valence-electron chi connectivity index (χ3n) is 2.81. The van der Waals surface area contributed by atoms with E-state index in [1.807, 2.05) is 0 Å². The number of hydrogen-bond donors (Lipinski definition) is 1. The molecule has 2 nitrogen and oxygen atoms in total. The Morgan fingerprint density at radius 2 is 2.12 bits per heavy atom. The van der Waals surface area contributed by atoms with Crippen LogP contribution in [0.3, 0.4) is 0 Å². The van der Waals surface area contributed by atoms with Crippen LogP contribution in [-0.2, 0) is 6.54 Å². The molecule has 0 spiro atoms. The van der Waals surface area contributed by atoms with Crippen LogP contribution >= 0.6 is 0 Å². The van der Waals surface area contributed by atoms with E-state index in [0.717, 1.165) is 0 Å². The Balaban J connectivity index is 2.47. The minimum absolute atomic E-state index is 0.0658. The number of ether oxygens (including phenoxy) is 1. The summed E-state index contributed by atoms with van der Waals surface area (Å²) < 4.78 is 43.4. The van der Waals surface area contributed by atoms with Gasteiger partial charge in [0.05, 0.1) is 13.0 Å². The molecule has 0 aliphatic carbocycles. The Bertz CT molecular complexity index is 389. The summed E-state index contributed by atoms with van der Waals surface area (Å²) >= 11 is 0. The first kappa shape index (κ1) is 11.3. The fraction of sp³-hybridized carbons (Fsp3) is 0.455. The number of alkyl halides is 3. The molecule has 2 rings (SSSR count). The lowest BCUT2D eigenvalue weighted by atomic mass is 9.90. The zero-order valence-corrected chi connectivity index (χ0v) is 8.77. The quantitative estimate of drug-likeness (QED) is 0.801. The zero-order valence-electron chi connectivity index (χ0n) is 8.77. The lowest BCUT2D eigenvalue weighted by Crippen LogP contribution is -2.36. The summed E-state index contributed by atoms with van der Waals surface area (Å²) in [7, 11) is 1.47. The first-order valence-corrected chi connectivity index (χ1v) is 4.97. The van der Waals surface area contributed by atoms with Crippen molar-refractivity contribution in [3.05, 3.63) is 29.3 Å². The van der Waals surface area contributed by atoms with Crippen molar-refractivity contribution < 1.29 is 17.9 Å². The number of hydrogen-bond acceptors (Lipinski definition) is 2. The van der Waals surface area contributed by atoms with Crippen molar-refractivity contribution in [1.82, 2.24) is 5.32 Å². The van der Waals surface area contributed by atoms with Crippen LogP contribution in [0, 0.1) is 0 Å². The van der Waals surface area contributed by atoms with Crippen LogP contribution in [-0.4, -0.2) is 19.8 Å². The van der Waals surface area contributed by atoms with Crippen LogP contribution in [0.4, 0.5) is 13.2 Å². The highest BCUT2D eigenvalue weighted by Gasteiger charge is 2.43. The van der Waals surface area contributed by atoms with Gasteiger partial charge in [0.25, 0.3) is 0 Å². The SMILES string of the molecule is COc1cccc2c1CNCC2C(F)(F)F. The molecule has 0 saturated carbocycles. The second-order valence-corrected chi connectivity index (χ2v) is 3.75. The first-order valence-electron chi connectivity index (χ1n) is 4.97. The molecule has 0 aromatic heterocycles. The van der Waals surface area contributed by atoms with Crippen molar-refractivity contribution in [2.24, 2.45) is 0 Å². The molecule has 1 aromatic carbocycles. The van der Waals surface area contributed by atoms with Crippen LogP contribution in [0.15, 0.2) is 18.2 Å². The molecule has 0 saturated heterocycles. The summed E-state index contributed by atoms with van der Waals surface area (Å²) in [6.07, 6.45) is -4.21. The van der Waals surface area contributed by atoms with E-state index in [4.69, 9.17) is 4.74 Å². The molecule has 1 N–H and O–H groups in total. The van der Waals surface area contributed by atoms with Gasteiger partial charge < -0.3 is 10.1 Å². The third kappa shape index (κ3) is 1.87. The molecule has 1 aromatic rings. The fourth-order valence-electron chi connectivity index (χ4n) is 2.03. The number of rotatable bonds is 1. The molecule has 1 aliphatic rings. The van der Waals surface area contributed by atoms with Crippen LogP contribution in [0.5, 0.6) is 5.75 Å². The number of nitrogens with one attached hydrogen (secondary N) is 1. The van der Waals surface area contributed by atoms with Crippen LogP contribution in [0.25, 0.3) is 0 Å². The van der Waals surface area contributed by atoms with Gasteiger partial charge in [0.15, 0.2) is 0 Å². The number of halogens is 3. The summed E-state index contributed by atoms with van der Waals surface area (Å²) in [5, 5.41) is 2.77. The monoisotopic (exact) mass is 231 g/mol. The molecule has 0 fully saturated rings. The van der Waals surface area contributed by atoms with Gasteiger partial charge in [-0.2, -0.15) is 13.2 Å². The molecule has 1 atom stereocenters. The van der Waals surface area contributed by atoms with Crippen LogP contribution in [0.1, 0.15) is 17.0 Å². The van der Waals surface area contributed by atoms with Gasteiger partial charge in [-0.25, -0.2) is 0 Å². The Kier molecular flexibility index (Phi) is 2.80. The van der Waals surface area contributed by atoms with Gasteiger partial charge >= 0.3 is 6.18 Å². The van der Waals surface area contributed by atoms with E-state index in [1.54, 1.807) is 12.1 Å². The van der Waals surface area contributed by atoms with Gasteiger partial charge in [0, 0.05) is 18.7 Å². The molecule has 1 aliphatic heterocycles. The molecule has 16 heavy (non-hydrogen) atoms. The highest BCUT2D eigenvalue weighted by molar-refractivity contribution is 5.44. The largest absolute Gasteiger partial charge is 0.496 e. The Morgan fingerprint density at radius 3 is 2.75 bits per heavy atom. The molecule has 1 unspecified atom stereocenters. The topological polar surface area (TPSA) is 21.3 Å². The predicted molar refractivity (Wildman–Crippen MR) is 53.5 cm³/mol. The number of methoxy groups -OCH3 is 1. The minimum Gasteiger partial charge on any atom is -0.496 e. The van der Waals surface area contributed by atoms with E-state index in [1.165, 1.54) is 13.2 Å². The smallest absolute Gasteiger partial charge is 0.396 e.